The van der Waals surface area contributed by atoms with E-state index >= 15 is 0 Å². The summed E-state index contributed by atoms with van der Waals surface area (Å²) in [5.41, 5.74) is 2.37. The Morgan fingerprint density at radius 3 is 2.55 bits per heavy atom. The Morgan fingerprint density at radius 1 is 1.09 bits per heavy atom. The first kappa shape index (κ1) is 22.7. The first-order valence-corrected chi connectivity index (χ1v) is 11.4. The molecular weight excluding hydrogens is 440 g/mol. The zero-order valence-electron chi connectivity index (χ0n) is 18.8. The molecule has 8 heteroatoms. The molecule has 1 aromatic carbocycles. The van der Waals surface area contributed by atoms with Gasteiger partial charge in [0.05, 0.1) is 11.4 Å². The first-order chi connectivity index (χ1) is 15.9. The zero-order valence-corrected chi connectivity index (χ0v) is 19.6. The van der Waals surface area contributed by atoms with E-state index in [9.17, 15) is 14.7 Å². The standard InChI is InChI=1S/C25H25ClN4O3/c1-4-8-19-20(24(32)30(27-19)18-11-6-10-17(26)14-18)21-22(28-13-7-9-16(3)15-28)25(33)29(12-5-2)23(21)31/h6-7,9-11,13-15H,4-5,8,12H2,1-3H3. The Kier molecular flexibility index (Phi) is 6.33. The smallest absolute Gasteiger partial charge is 0.326 e. The first-order valence-electron chi connectivity index (χ1n) is 11.0. The number of benzene rings is 1. The topological polar surface area (TPSA) is 82.1 Å². The molecular formula is C25H25ClN4O3. The van der Waals surface area contributed by atoms with E-state index in [2.05, 4.69) is 5.10 Å². The minimum Gasteiger partial charge on any atom is -0.858 e. The molecule has 1 aliphatic rings. The fourth-order valence-electron chi connectivity index (χ4n) is 4.08. The van der Waals surface area contributed by atoms with Crippen LogP contribution in [0, 0.1) is 6.92 Å². The molecule has 0 saturated carbocycles. The monoisotopic (exact) mass is 464 g/mol. The summed E-state index contributed by atoms with van der Waals surface area (Å²) in [4.78, 5) is 28.1. The molecule has 0 fully saturated rings. The number of halogens is 1. The molecule has 2 aromatic heterocycles. The summed E-state index contributed by atoms with van der Waals surface area (Å²) in [6, 6.07) is 10.5. The zero-order chi connectivity index (χ0) is 23.7. The van der Waals surface area contributed by atoms with E-state index in [-0.39, 0.29) is 23.4 Å². The molecule has 0 N–H and O–H groups in total. The van der Waals surface area contributed by atoms with E-state index in [1.165, 1.54) is 9.58 Å². The Bertz CT molecular complexity index is 1280. The maximum Gasteiger partial charge on any atom is 0.326 e. The number of nitrogens with zero attached hydrogens (tertiary/aromatic N) is 4. The highest BCUT2D eigenvalue weighted by atomic mass is 35.5. The maximum atomic E-state index is 13.7. The number of imide groups is 1. The van der Waals surface area contributed by atoms with Crippen molar-refractivity contribution >= 4 is 34.7 Å². The third-order valence-corrected chi connectivity index (χ3v) is 5.74. The van der Waals surface area contributed by atoms with Crippen molar-refractivity contribution in [2.75, 3.05) is 6.54 Å². The Labute approximate surface area is 197 Å². The lowest BCUT2D eigenvalue weighted by atomic mass is 10.0. The van der Waals surface area contributed by atoms with Gasteiger partial charge in [-0.25, -0.2) is 4.68 Å². The van der Waals surface area contributed by atoms with Crippen LogP contribution in [0.2, 0.25) is 5.02 Å². The lowest BCUT2D eigenvalue weighted by molar-refractivity contribution is -0.577. The van der Waals surface area contributed by atoms with Crippen molar-refractivity contribution in [1.29, 1.82) is 0 Å². The average Bonchev–Trinajstić information content (AvgIpc) is 3.22. The van der Waals surface area contributed by atoms with Crippen molar-refractivity contribution < 1.29 is 19.3 Å². The van der Waals surface area contributed by atoms with Gasteiger partial charge < -0.3 is 5.11 Å². The van der Waals surface area contributed by atoms with Gasteiger partial charge >= 0.3 is 5.91 Å². The molecule has 0 bridgehead atoms. The molecule has 170 valence electrons. The molecule has 0 spiro atoms. The fourth-order valence-corrected chi connectivity index (χ4v) is 4.26. The SMILES string of the molecule is CCCc1nn(-c2cccc(Cl)c2)c([O-])c1C1=C([n+]2cccc(C)c2)C(=O)N(CCC)C1=O. The minimum absolute atomic E-state index is 0.103. The summed E-state index contributed by atoms with van der Waals surface area (Å²) < 4.78 is 2.89. The second-order valence-corrected chi connectivity index (χ2v) is 8.48. The van der Waals surface area contributed by atoms with Crippen molar-refractivity contribution in [1.82, 2.24) is 14.7 Å². The molecule has 0 aliphatic carbocycles. The van der Waals surface area contributed by atoms with Crippen molar-refractivity contribution in [2.45, 2.75) is 40.0 Å². The third-order valence-electron chi connectivity index (χ3n) is 5.50. The van der Waals surface area contributed by atoms with E-state index in [0.29, 0.717) is 29.2 Å². The number of amides is 2. The quantitative estimate of drug-likeness (QED) is 0.397. The number of carbonyl (C=O) groups excluding carboxylic acids is 2. The van der Waals surface area contributed by atoms with Crippen LogP contribution < -0.4 is 9.67 Å². The molecule has 0 radical (unpaired) electrons. The summed E-state index contributed by atoms with van der Waals surface area (Å²) in [7, 11) is 0. The summed E-state index contributed by atoms with van der Waals surface area (Å²) >= 11 is 6.13. The maximum absolute atomic E-state index is 13.7. The van der Waals surface area contributed by atoms with Crippen molar-refractivity contribution in [3.63, 3.8) is 0 Å². The average molecular weight is 465 g/mol. The van der Waals surface area contributed by atoms with Gasteiger partial charge in [0.15, 0.2) is 12.4 Å². The molecule has 7 nitrogen and oxygen atoms in total. The molecule has 0 saturated heterocycles. The summed E-state index contributed by atoms with van der Waals surface area (Å²) in [6.45, 7) is 6.05. The molecule has 33 heavy (non-hydrogen) atoms. The van der Waals surface area contributed by atoms with Crippen LogP contribution in [0.4, 0.5) is 0 Å². The van der Waals surface area contributed by atoms with Crippen LogP contribution in [0.15, 0.2) is 48.8 Å². The van der Waals surface area contributed by atoms with Gasteiger partial charge in [-0.2, -0.15) is 9.67 Å². The predicted molar refractivity (Wildman–Crippen MR) is 124 cm³/mol. The molecule has 1 aliphatic heterocycles. The Morgan fingerprint density at radius 2 is 1.88 bits per heavy atom. The van der Waals surface area contributed by atoms with E-state index < -0.39 is 17.7 Å². The molecule has 2 amide bonds. The van der Waals surface area contributed by atoms with Crippen molar-refractivity contribution in [3.8, 4) is 11.6 Å². The van der Waals surface area contributed by atoms with Gasteiger partial charge in [-0.3, -0.25) is 14.5 Å². The van der Waals surface area contributed by atoms with E-state index in [0.717, 1.165) is 12.0 Å². The molecule has 0 atom stereocenters. The van der Waals surface area contributed by atoms with Gasteiger partial charge in [-0.05, 0) is 49.9 Å². The lowest BCUT2D eigenvalue weighted by Crippen LogP contribution is -2.40. The highest BCUT2D eigenvalue weighted by Crippen LogP contribution is 2.37. The number of aromatic nitrogens is 3. The number of aryl methyl sites for hydroxylation is 2. The number of hydrogen-bond acceptors (Lipinski definition) is 4. The third kappa shape index (κ3) is 4.04. The van der Waals surface area contributed by atoms with Crippen LogP contribution in [0.3, 0.4) is 0 Å². The number of rotatable bonds is 7. The van der Waals surface area contributed by atoms with E-state index in [1.807, 2.05) is 26.8 Å². The van der Waals surface area contributed by atoms with Gasteiger partial charge in [0.25, 0.3) is 11.6 Å². The van der Waals surface area contributed by atoms with Crippen molar-refractivity contribution in [3.05, 3.63) is 70.6 Å². The fraction of sp³-hybridized carbons (Fsp3) is 0.280. The number of pyridine rings is 1. The van der Waals surface area contributed by atoms with Gasteiger partial charge in [0, 0.05) is 28.8 Å². The Hall–Kier alpha value is -3.45. The summed E-state index contributed by atoms with van der Waals surface area (Å²) in [6.07, 6.45) is 5.32. The van der Waals surface area contributed by atoms with Gasteiger partial charge in [-0.15, -0.1) is 0 Å². The molecule has 0 unspecified atom stereocenters. The number of carbonyl (C=O) groups is 2. The normalized spacial score (nSPS) is 14.0. The largest absolute Gasteiger partial charge is 0.858 e. The van der Waals surface area contributed by atoms with E-state index in [4.69, 9.17) is 11.6 Å². The summed E-state index contributed by atoms with van der Waals surface area (Å²) in [5.74, 6) is -1.32. The predicted octanol–water partition coefficient (Wildman–Crippen LogP) is 3.29. The van der Waals surface area contributed by atoms with Gasteiger partial charge in [-0.1, -0.05) is 37.9 Å². The highest BCUT2D eigenvalue weighted by Gasteiger charge is 2.46. The van der Waals surface area contributed by atoms with Gasteiger partial charge in [0.2, 0.25) is 0 Å². The Balaban J connectivity index is 2.01. The lowest BCUT2D eigenvalue weighted by Gasteiger charge is -2.15. The van der Waals surface area contributed by atoms with Crippen LogP contribution in [-0.4, -0.2) is 33.0 Å². The second kappa shape index (κ2) is 9.19. The van der Waals surface area contributed by atoms with Crippen molar-refractivity contribution in [2.24, 2.45) is 0 Å². The van der Waals surface area contributed by atoms with Crippen LogP contribution in [-0.2, 0) is 16.0 Å². The molecule has 3 aromatic rings. The molecule has 4 rings (SSSR count). The highest BCUT2D eigenvalue weighted by molar-refractivity contribution is 6.44. The van der Waals surface area contributed by atoms with Crippen LogP contribution in [0.25, 0.3) is 17.0 Å². The number of hydrogen-bond donors (Lipinski definition) is 0. The van der Waals surface area contributed by atoms with Crippen LogP contribution >= 0.6 is 11.6 Å². The second-order valence-electron chi connectivity index (χ2n) is 8.04. The minimum atomic E-state index is -0.467. The summed E-state index contributed by atoms with van der Waals surface area (Å²) in [5, 5.41) is 18.7. The van der Waals surface area contributed by atoms with E-state index in [1.54, 1.807) is 47.3 Å². The molecule has 3 heterocycles. The van der Waals surface area contributed by atoms with Crippen LogP contribution in [0.1, 0.15) is 43.5 Å². The van der Waals surface area contributed by atoms with Crippen LogP contribution in [0.5, 0.6) is 5.88 Å². The van der Waals surface area contributed by atoms with Gasteiger partial charge in [0.1, 0.15) is 5.57 Å².